The number of hydrogen-bond acceptors (Lipinski definition) is 5. The second-order valence-electron chi connectivity index (χ2n) is 5.54. The number of hydrogen-bond donors (Lipinski definition) is 0. The molecule has 0 aromatic heterocycles. The van der Waals surface area contributed by atoms with Gasteiger partial charge in [0.05, 0.1) is 18.2 Å². The van der Waals surface area contributed by atoms with Gasteiger partial charge in [0.15, 0.2) is 6.04 Å². The zero-order chi connectivity index (χ0) is 18.3. The summed E-state index contributed by atoms with van der Waals surface area (Å²) in [5.41, 5.74) is -0.561. The van der Waals surface area contributed by atoms with E-state index in [2.05, 4.69) is 4.74 Å². The first-order valence-corrected chi connectivity index (χ1v) is 8.10. The molecule has 2 atom stereocenters. The number of halogens is 1. The maximum atomic E-state index is 12.6. The molecule has 0 N–H and O–H groups in total. The fraction of sp³-hybridized carbons (Fsp3) is 0.294. The summed E-state index contributed by atoms with van der Waals surface area (Å²) in [6.07, 6.45) is 1.99. The molecule has 0 saturated carbocycles. The Hall–Kier alpha value is -2.67. The quantitative estimate of drug-likeness (QED) is 0.202. The molecule has 0 spiro atoms. The minimum Gasteiger partial charge on any atom is -0.464 e. The number of imide groups is 1. The van der Waals surface area contributed by atoms with E-state index in [4.69, 9.17) is 11.6 Å². The van der Waals surface area contributed by atoms with Crippen molar-refractivity contribution < 1.29 is 23.9 Å². The molecule has 2 heterocycles. The summed E-state index contributed by atoms with van der Waals surface area (Å²) in [7, 11) is 1.20. The number of rotatable bonds is 4. The number of amides is 3. The van der Waals surface area contributed by atoms with Crippen molar-refractivity contribution in [3.8, 4) is 0 Å². The fourth-order valence-electron chi connectivity index (χ4n) is 2.96. The van der Waals surface area contributed by atoms with E-state index in [0.29, 0.717) is 6.42 Å². The van der Waals surface area contributed by atoms with Crippen molar-refractivity contribution in [1.82, 2.24) is 9.80 Å². The van der Waals surface area contributed by atoms with Gasteiger partial charge in [0.1, 0.15) is 11.2 Å². The molecular weight excluding hydrogens is 348 g/mol. The number of likely N-dealkylation sites (tertiary alicyclic amines) is 1. The van der Waals surface area contributed by atoms with Crippen LogP contribution in [0.4, 0.5) is 0 Å². The molecule has 1 aromatic carbocycles. The molecule has 130 valence electrons. The van der Waals surface area contributed by atoms with Crippen molar-refractivity contribution in [3.63, 3.8) is 0 Å². The number of β-lactam (4-membered cyclic amide) rings is 1. The van der Waals surface area contributed by atoms with Crippen molar-refractivity contribution in [3.05, 3.63) is 47.2 Å². The molecule has 25 heavy (non-hydrogen) atoms. The molecule has 0 unspecified atom stereocenters. The van der Waals surface area contributed by atoms with Crippen LogP contribution in [0.1, 0.15) is 34.1 Å². The van der Waals surface area contributed by atoms with Gasteiger partial charge in [-0.15, -0.1) is 0 Å². The number of allylic oxidation sites excluding steroid dienone is 1. The lowest BCUT2D eigenvalue weighted by molar-refractivity contribution is -0.153. The van der Waals surface area contributed by atoms with Crippen LogP contribution in [-0.2, 0) is 14.3 Å². The number of benzene rings is 1. The maximum Gasteiger partial charge on any atom is 0.354 e. The van der Waals surface area contributed by atoms with Gasteiger partial charge >= 0.3 is 5.97 Å². The SMILES string of the molecule is CCC=C(C(=O)OC)N1C(=O)[C@H](N2C(=O)c3ccccc3C2=O)[C@@H]1Cl. The summed E-state index contributed by atoms with van der Waals surface area (Å²) >= 11 is 6.27. The van der Waals surface area contributed by atoms with Gasteiger partial charge in [0.25, 0.3) is 17.7 Å². The summed E-state index contributed by atoms with van der Waals surface area (Å²) in [5, 5.41) is 0. The highest BCUT2D eigenvalue weighted by Crippen LogP contribution is 2.36. The third-order valence-corrected chi connectivity index (χ3v) is 4.59. The Morgan fingerprint density at radius 2 is 1.76 bits per heavy atom. The van der Waals surface area contributed by atoms with Gasteiger partial charge in [-0.05, 0) is 18.6 Å². The lowest BCUT2D eigenvalue weighted by Gasteiger charge is -2.46. The van der Waals surface area contributed by atoms with E-state index in [1.807, 2.05) is 0 Å². The zero-order valence-corrected chi connectivity index (χ0v) is 14.3. The van der Waals surface area contributed by atoms with E-state index in [1.54, 1.807) is 19.1 Å². The Morgan fingerprint density at radius 3 is 2.20 bits per heavy atom. The highest BCUT2D eigenvalue weighted by molar-refractivity contribution is 6.30. The summed E-state index contributed by atoms with van der Waals surface area (Å²) in [6, 6.07) is 5.17. The van der Waals surface area contributed by atoms with E-state index < -0.39 is 35.2 Å². The smallest absolute Gasteiger partial charge is 0.354 e. The molecule has 0 aliphatic carbocycles. The fourth-order valence-corrected chi connectivity index (χ4v) is 3.39. The lowest BCUT2D eigenvalue weighted by Crippen LogP contribution is -2.69. The minimum absolute atomic E-state index is 0.00265. The van der Waals surface area contributed by atoms with Crippen LogP contribution in [0.15, 0.2) is 36.0 Å². The Morgan fingerprint density at radius 1 is 1.20 bits per heavy atom. The number of fused-ring (bicyclic) bond motifs is 1. The molecule has 8 heteroatoms. The maximum absolute atomic E-state index is 12.6. The average Bonchev–Trinajstić information content (AvgIpc) is 2.86. The molecule has 7 nitrogen and oxygen atoms in total. The van der Waals surface area contributed by atoms with Gasteiger partial charge in [-0.3, -0.25) is 24.2 Å². The van der Waals surface area contributed by atoms with Crippen molar-refractivity contribution >= 4 is 35.3 Å². The topological polar surface area (TPSA) is 84.0 Å². The summed E-state index contributed by atoms with van der Waals surface area (Å²) in [5.74, 6) is -2.44. The van der Waals surface area contributed by atoms with Gasteiger partial charge in [-0.25, -0.2) is 4.79 Å². The molecule has 0 bridgehead atoms. The first-order valence-electron chi connectivity index (χ1n) is 7.66. The van der Waals surface area contributed by atoms with Gasteiger partial charge in [-0.1, -0.05) is 36.7 Å². The van der Waals surface area contributed by atoms with Crippen LogP contribution in [0.3, 0.4) is 0 Å². The number of ether oxygens (including phenoxy) is 1. The Kier molecular flexibility index (Phi) is 4.34. The van der Waals surface area contributed by atoms with Crippen LogP contribution in [0.25, 0.3) is 0 Å². The van der Waals surface area contributed by atoms with Crippen molar-refractivity contribution in [2.24, 2.45) is 0 Å². The van der Waals surface area contributed by atoms with Crippen molar-refractivity contribution in [2.75, 3.05) is 7.11 Å². The lowest BCUT2D eigenvalue weighted by atomic mass is 10.0. The van der Waals surface area contributed by atoms with E-state index in [-0.39, 0.29) is 16.8 Å². The van der Waals surface area contributed by atoms with E-state index in [0.717, 1.165) is 9.80 Å². The highest BCUT2D eigenvalue weighted by Gasteiger charge is 2.57. The monoisotopic (exact) mass is 362 g/mol. The van der Waals surface area contributed by atoms with Gasteiger partial charge in [0, 0.05) is 0 Å². The second kappa shape index (κ2) is 6.33. The molecule has 1 fully saturated rings. The van der Waals surface area contributed by atoms with Crippen LogP contribution in [0.5, 0.6) is 0 Å². The predicted octanol–water partition coefficient (Wildman–Crippen LogP) is 1.53. The largest absolute Gasteiger partial charge is 0.464 e. The van der Waals surface area contributed by atoms with E-state index in [1.165, 1.54) is 25.3 Å². The summed E-state index contributed by atoms with van der Waals surface area (Å²) in [6.45, 7) is 1.79. The molecule has 3 amide bonds. The third-order valence-electron chi connectivity index (χ3n) is 4.15. The standard InChI is InChI=1S/C17H15ClN2O5/c1-3-6-11(17(24)25-2)19-13(18)12(16(19)23)20-14(21)9-7-4-5-8-10(9)15(20)22/h4-8,12-13H,3H2,1-2H3/t12-,13-/m1/s1. The summed E-state index contributed by atoms with van der Waals surface area (Å²) in [4.78, 5) is 51.4. The average molecular weight is 363 g/mol. The van der Waals surface area contributed by atoms with Crippen LogP contribution in [0, 0.1) is 0 Å². The first-order chi connectivity index (χ1) is 11.9. The Balaban J connectivity index is 1.89. The highest BCUT2D eigenvalue weighted by atomic mass is 35.5. The molecular formula is C17H15ClN2O5. The number of nitrogens with zero attached hydrogens (tertiary/aromatic N) is 2. The number of carbonyl (C=O) groups excluding carboxylic acids is 4. The molecule has 1 saturated heterocycles. The zero-order valence-electron chi connectivity index (χ0n) is 13.6. The molecule has 3 rings (SSSR count). The van der Waals surface area contributed by atoms with E-state index >= 15 is 0 Å². The number of alkyl halides is 1. The van der Waals surface area contributed by atoms with Crippen LogP contribution in [0.2, 0.25) is 0 Å². The molecule has 2 aliphatic heterocycles. The van der Waals surface area contributed by atoms with Gasteiger partial charge < -0.3 is 4.74 Å². The molecule has 1 aromatic rings. The van der Waals surface area contributed by atoms with Crippen LogP contribution < -0.4 is 0 Å². The second-order valence-corrected chi connectivity index (χ2v) is 5.99. The van der Waals surface area contributed by atoms with Gasteiger partial charge in [0.2, 0.25) is 0 Å². The molecule has 0 radical (unpaired) electrons. The minimum atomic E-state index is -1.15. The third kappa shape index (κ3) is 2.42. The van der Waals surface area contributed by atoms with Gasteiger partial charge in [-0.2, -0.15) is 0 Å². The summed E-state index contributed by atoms with van der Waals surface area (Å²) < 4.78 is 4.66. The Labute approximate surface area is 148 Å². The van der Waals surface area contributed by atoms with Crippen LogP contribution in [-0.4, -0.2) is 52.1 Å². The normalized spacial score (nSPS) is 22.8. The first kappa shape index (κ1) is 17.2. The van der Waals surface area contributed by atoms with Crippen LogP contribution >= 0.6 is 11.6 Å². The predicted molar refractivity (Wildman–Crippen MR) is 87.6 cm³/mol. The number of carbonyl (C=O) groups is 4. The van der Waals surface area contributed by atoms with Crippen molar-refractivity contribution in [2.45, 2.75) is 24.9 Å². The molecule has 2 aliphatic rings. The number of methoxy groups -OCH3 is 1. The Bertz CT molecular complexity index is 784. The number of esters is 1. The van der Waals surface area contributed by atoms with Crippen molar-refractivity contribution in [1.29, 1.82) is 0 Å². The van der Waals surface area contributed by atoms with E-state index in [9.17, 15) is 19.2 Å².